The normalized spacial score (nSPS) is 11.0. The molecule has 0 radical (unpaired) electrons. The Labute approximate surface area is 125 Å². The molecule has 0 heterocycles. The zero-order chi connectivity index (χ0) is 15.8. The van der Waals surface area contributed by atoms with E-state index < -0.39 is 11.9 Å². The van der Waals surface area contributed by atoms with Crippen LogP contribution >= 0.6 is 0 Å². The quantitative estimate of drug-likeness (QED) is 0.859. The second-order valence-corrected chi connectivity index (χ2v) is 4.38. The van der Waals surface area contributed by atoms with Gasteiger partial charge in [0.05, 0.1) is 5.92 Å². The summed E-state index contributed by atoms with van der Waals surface area (Å²) in [6.45, 7) is 5.61. The van der Waals surface area contributed by atoms with Crippen LogP contribution in [0.2, 0.25) is 0 Å². The fourth-order valence-corrected chi connectivity index (χ4v) is 1.85. The second-order valence-electron chi connectivity index (χ2n) is 4.38. The summed E-state index contributed by atoms with van der Waals surface area (Å²) in [5.41, 5.74) is 1.74. The first-order chi connectivity index (χ1) is 10.1. The number of hydrogen-bond acceptors (Lipinski definition) is 2. The average Bonchev–Trinajstić information content (AvgIpc) is 2.56. The highest BCUT2D eigenvalue weighted by atomic mass is 16.4. The monoisotopic (exact) mass is 284 g/mol. The summed E-state index contributed by atoms with van der Waals surface area (Å²) in [7, 11) is 0. The summed E-state index contributed by atoms with van der Waals surface area (Å²) in [6, 6.07) is 15.7. The van der Waals surface area contributed by atoms with E-state index in [9.17, 15) is 9.59 Å². The summed E-state index contributed by atoms with van der Waals surface area (Å²) in [5, 5.41) is 9.00. The minimum Gasteiger partial charge on any atom is -0.481 e. The van der Waals surface area contributed by atoms with Crippen molar-refractivity contribution in [1.29, 1.82) is 0 Å². The van der Waals surface area contributed by atoms with Crippen LogP contribution < -0.4 is 0 Å². The number of carbonyl (C=O) groups excluding carboxylic acids is 1. The van der Waals surface area contributed by atoms with Gasteiger partial charge in [0, 0.05) is 11.1 Å². The Hall–Kier alpha value is -2.42. The van der Waals surface area contributed by atoms with E-state index in [2.05, 4.69) is 0 Å². The lowest BCUT2D eigenvalue weighted by atomic mass is 9.96. The molecule has 0 amide bonds. The lowest BCUT2D eigenvalue weighted by Gasteiger charge is -2.08. The lowest BCUT2D eigenvalue weighted by Crippen LogP contribution is -2.09. The molecule has 2 rings (SSSR count). The maximum absolute atomic E-state index is 12.2. The van der Waals surface area contributed by atoms with Crippen molar-refractivity contribution in [2.75, 3.05) is 0 Å². The second kappa shape index (κ2) is 8.00. The van der Waals surface area contributed by atoms with Gasteiger partial charge >= 0.3 is 5.97 Å². The molecule has 1 N–H and O–H groups in total. The van der Waals surface area contributed by atoms with Gasteiger partial charge in [0.1, 0.15) is 0 Å². The molecule has 1 unspecified atom stereocenters. The molecule has 0 aromatic heterocycles. The fourth-order valence-electron chi connectivity index (χ4n) is 1.85. The van der Waals surface area contributed by atoms with Crippen LogP contribution in [0.3, 0.4) is 0 Å². The van der Waals surface area contributed by atoms with Crippen molar-refractivity contribution in [1.82, 2.24) is 0 Å². The maximum Gasteiger partial charge on any atom is 0.310 e. The van der Waals surface area contributed by atoms with E-state index >= 15 is 0 Å². The minimum atomic E-state index is -0.899. The molecule has 0 saturated heterocycles. The number of aliphatic carboxylic acids is 1. The largest absolute Gasteiger partial charge is 0.481 e. The number of benzene rings is 2. The topological polar surface area (TPSA) is 54.4 Å². The van der Waals surface area contributed by atoms with Gasteiger partial charge in [-0.1, -0.05) is 62.4 Å². The van der Waals surface area contributed by atoms with Crippen molar-refractivity contribution in [2.24, 2.45) is 0 Å². The number of rotatable bonds is 4. The van der Waals surface area contributed by atoms with E-state index in [0.717, 1.165) is 0 Å². The summed E-state index contributed by atoms with van der Waals surface area (Å²) < 4.78 is 0. The van der Waals surface area contributed by atoms with Gasteiger partial charge in [-0.15, -0.1) is 0 Å². The highest BCUT2D eigenvalue weighted by Crippen LogP contribution is 2.18. The third-order valence-corrected chi connectivity index (χ3v) is 3.06. The molecular formula is C18H20O3. The van der Waals surface area contributed by atoms with Gasteiger partial charge in [-0.3, -0.25) is 9.59 Å². The minimum absolute atomic E-state index is 0.0972. The molecule has 0 aliphatic carbocycles. The van der Waals surface area contributed by atoms with Gasteiger partial charge in [-0.25, -0.2) is 0 Å². The molecule has 0 aliphatic rings. The highest BCUT2D eigenvalue weighted by Gasteiger charge is 2.16. The van der Waals surface area contributed by atoms with Crippen molar-refractivity contribution in [3.63, 3.8) is 0 Å². The number of carboxylic acid groups (broad SMARTS) is 1. The molecular weight excluding hydrogens is 264 g/mol. The van der Waals surface area contributed by atoms with Crippen LogP contribution in [0.5, 0.6) is 0 Å². The summed E-state index contributed by atoms with van der Waals surface area (Å²) in [4.78, 5) is 23.2. The molecule has 21 heavy (non-hydrogen) atoms. The predicted octanol–water partition coefficient (Wildman–Crippen LogP) is 4.13. The molecule has 2 aromatic rings. The van der Waals surface area contributed by atoms with Crippen molar-refractivity contribution >= 4 is 11.8 Å². The van der Waals surface area contributed by atoms with Crippen LogP contribution in [0.15, 0.2) is 54.6 Å². The molecule has 0 aliphatic heterocycles. The molecule has 0 fully saturated rings. The van der Waals surface area contributed by atoms with E-state index in [1.54, 1.807) is 55.5 Å². The van der Waals surface area contributed by atoms with Crippen molar-refractivity contribution in [2.45, 2.75) is 26.7 Å². The number of carbonyl (C=O) groups is 2. The molecule has 3 heteroatoms. The van der Waals surface area contributed by atoms with Crippen LogP contribution in [0.1, 0.15) is 48.2 Å². The Balaban J connectivity index is 0.00000106. The smallest absolute Gasteiger partial charge is 0.310 e. The Morgan fingerprint density at radius 1 is 0.905 bits per heavy atom. The highest BCUT2D eigenvalue weighted by molar-refractivity contribution is 6.09. The zero-order valence-electron chi connectivity index (χ0n) is 12.5. The first-order valence-electron chi connectivity index (χ1n) is 7.02. The lowest BCUT2D eigenvalue weighted by molar-refractivity contribution is -0.138. The van der Waals surface area contributed by atoms with Gasteiger partial charge in [0.2, 0.25) is 0 Å². The molecule has 3 nitrogen and oxygen atoms in total. The zero-order valence-corrected chi connectivity index (χ0v) is 12.5. The first kappa shape index (κ1) is 16.6. The third kappa shape index (κ3) is 4.28. The van der Waals surface area contributed by atoms with Crippen molar-refractivity contribution in [3.05, 3.63) is 71.3 Å². The van der Waals surface area contributed by atoms with Crippen LogP contribution in [-0.2, 0) is 4.79 Å². The van der Waals surface area contributed by atoms with Crippen molar-refractivity contribution in [3.8, 4) is 0 Å². The van der Waals surface area contributed by atoms with Gasteiger partial charge in [-0.05, 0) is 18.6 Å². The average molecular weight is 284 g/mol. The number of carboxylic acids is 1. The van der Waals surface area contributed by atoms with Gasteiger partial charge < -0.3 is 5.11 Å². The van der Waals surface area contributed by atoms with Crippen LogP contribution in [0.25, 0.3) is 0 Å². The Bertz CT molecular complexity index is 603. The summed E-state index contributed by atoms with van der Waals surface area (Å²) >= 11 is 0. The standard InChI is InChI=1S/C16H14O3.C2H6/c1-11(16(18)19)13-8-5-9-14(10-13)15(17)12-6-3-2-4-7-12;1-2/h2-11H,1H3,(H,18,19);1-2H3. The summed E-state index contributed by atoms with van der Waals surface area (Å²) in [5.74, 6) is -1.62. The molecule has 1 atom stereocenters. The van der Waals surface area contributed by atoms with Gasteiger partial charge in [-0.2, -0.15) is 0 Å². The van der Waals surface area contributed by atoms with E-state index in [0.29, 0.717) is 16.7 Å². The number of hydrogen-bond donors (Lipinski definition) is 1. The molecule has 0 saturated carbocycles. The van der Waals surface area contributed by atoms with E-state index in [1.807, 2.05) is 19.9 Å². The molecule has 0 bridgehead atoms. The van der Waals surface area contributed by atoms with E-state index in [-0.39, 0.29) is 5.78 Å². The third-order valence-electron chi connectivity index (χ3n) is 3.06. The Morgan fingerprint density at radius 3 is 2.05 bits per heavy atom. The van der Waals surface area contributed by atoms with Gasteiger partial charge in [0.15, 0.2) is 5.78 Å². The molecule has 110 valence electrons. The van der Waals surface area contributed by atoms with Gasteiger partial charge in [0.25, 0.3) is 0 Å². The number of ketones is 1. The Morgan fingerprint density at radius 2 is 1.48 bits per heavy atom. The maximum atomic E-state index is 12.2. The van der Waals surface area contributed by atoms with Crippen LogP contribution in [0.4, 0.5) is 0 Å². The van der Waals surface area contributed by atoms with Crippen LogP contribution in [0, 0.1) is 0 Å². The Kier molecular flexibility index (Phi) is 6.34. The fraction of sp³-hybridized carbons (Fsp3) is 0.222. The first-order valence-corrected chi connectivity index (χ1v) is 7.02. The molecule has 2 aromatic carbocycles. The predicted molar refractivity (Wildman–Crippen MR) is 83.7 cm³/mol. The SMILES string of the molecule is CC.CC(C(=O)O)c1cccc(C(=O)c2ccccc2)c1. The summed E-state index contributed by atoms with van der Waals surface area (Å²) in [6.07, 6.45) is 0. The molecule has 0 spiro atoms. The van der Waals surface area contributed by atoms with E-state index in [1.165, 1.54) is 0 Å². The van der Waals surface area contributed by atoms with Crippen molar-refractivity contribution < 1.29 is 14.7 Å². The van der Waals surface area contributed by atoms with Crippen LogP contribution in [-0.4, -0.2) is 16.9 Å². The van der Waals surface area contributed by atoms with E-state index in [4.69, 9.17) is 5.11 Å².